The maximum absolute atomic E-state index is 5.77. The van der Waals surface area contributed by atoms with Crippen LogP contribution in [-0.4, -0.2) is 51.3 Å². The Morgan fingerprint density at radius 1 is 1.28 bits per heavy atom. The summed E-state index contributed by atoms with van der Waals surface area (Å²) in [5.41, 5.74) is 0.351. The lowest BCUT2D eigenvalue weighted by molar-refractivity contribution is -0.0343. The van der Waals surface area contributed by atoms with Crippen molar-refractivity contribution in [1.82, 2.24) is 10.2 Å². The SMILES string of the molecule is CNCC1(CN2CC(C)CC(C)C2)CCCOC1. The highest BCUT2D eigenvalue weighted by Crippen LogP contribution is 2.31. The van der Waals surface area contributed by atoms with Crippen LogP contribution < -0.4 is 5.32 Å². The van der Waals surface area contributed by atoms with E-state index in [1.54, 1.807) is 0 Å². The fourth-order valence-corrected chi connectivity index (χ4v) is 4.00. The molecule has 0 amide bonds. The standard InChI is InChI=1S/C15H30N2O/c1-13-7-14(2)9-17(8-13)11-15(10-16-3)5-4-6-18-12-15/h13-14,16H,4-12H2,1-3H3. The molecule has 18 heavy (non-hydrogen) atoms. The normalized spacial score (nSPS) is 38.8. The van der Waals surface area contributed by atoms with Gasteiger partial charge in [-0.3, -0.25) is 0 Å². The summed E-state index contributed by atoms with van der Waals surface area (Å²) in [6.07, 6.45) is 3.93. The molecule has 2 fully saturated rings. The zero-order valence-corrected chi connectivity index (χ0v) is 12.4. The van der Waals surface area contributed by atoms with E-state index in [0.29, 0.717) is 5.41 Å². The van der Waals surface area contributed by atoms with Crippen LogP contribution in [0.15, 0.2) is 0 Å². The second-order valence-electron chi connectivity index (χ2n) is 6.83. The lowest BCUT2D eigenvalue weighted by atomic mass is 9.80. The molecule has 0 radical (unpaired) electrons. The van der Waals surface area contributed by atoms with E-state index in [2.05, 4.69) is 31.1 Å². The summed E-state index contributed by atoms with van der Waals surface area (Å²) in [4.78, 5) is 2.69. The third-order valence-electron chi connectivity index (χ3n) is 4.46. The van der Waals surface area contributed by atoms with Crippen molar-refractivity contribution in [2.24, 2.45) is 17.3 Å². The minimum Gasteiger partial charge on any atom is -0.381 e. The quantitative estimate of drug-likeness (QED) is 0.830. The molecule has 0 aromatic carbocycles. The lowest BCUT2D eigenvalue weighted by Gasteiger charge is -2.44. The van der Waals surface area contributed by atoms with Crippen LogP contribution in [0, 0.1) is 17.3 Å². The molecule has 0 aromatic heterocycles. The summed E-state index contributed by atoms with van der Waals surface area (Å²) in [7, 11) is 2.07. The number of hydrogen-bond acceptors (Lipinski definition) is 3. The third kappa shape index (κ3) is 3.69. The predicted molar refractivity (Wildman–Crippen MR) is 75.8 cm³/mol. The van der Waals surface area contributed by atoms with Crippen molar-refractivity contribution < 1.29 is 4.74 Å². The van der Waals surface area contributed by atoms with Crippen LogP contribution in [0.25, 0.3) is 0 Å². The molecular formula is C15H30N2O. The van der Waals surface area contributed by atoms with Gasteiger partial charge in [-0.05, 0) is 38.1 Å². The summed E-state index contributed by atoms with van der Waals surface area (Å²) in [6.45, 7) is 11.5. The molecule has 2 aliphatic rings. The summed E-state index contributed by atoms with van der Waals surface area (Å²) in [6, 6.07) is 0. The van der Waals surface area contributed by atoms with Crippen LogP contribution in [0.2, 0.25) is 0 Å². The highest BCUT2D eigenvalue weighted by Gasteiger charge is 2.35. The fourth-order valence-electron chi connectivity index (χ4n) is 4.00. The number of nitrogens with one attached hydrogen (secondary N) is 1. The molecule has 106 valence electrons. The monoisotopic (exact) mass is 254 g/mol. The Morgan fingerprint density at radius 3 is 2.56 bits per heavy atom. The predicted octanol–water partition coefficient (Wildman–Crippen LogP) is 1.98. The summed E-state index contributed by atoms with van der Waals surface area (Å²) in [5, 5.41) is 3.38. The van der Waals surface area contributed by atoms with E-state index in [0.717, 1.165) is 31.6 Å². The molecule has 0 bridgehead atoms. The van der Waals surface area contributed by atoms with E-state index >= 15 is 0 Å². The average molecular weight is 254 g/mol. The second-order valence-corrected chi connectivity index (χ2v) is 6.83. The summed E-state index contributed by atoms with van der Waals surface area (Å²) in [5.74, 6) is 1.70. The topological polar surface area (TPSA) is 24.5 Å². The maximum atomic E-state index is 5.77. The Morgan fingerprint density at radius 2 is 2.00 bits per heavy atom. The average Bonchev–Trinajstić information content (AvgIpc) is 2.28. The first kappa shape index (κ1) is 14.3. The molecule has 2 saturated heterocycles. The van der Waals surface area contributed by atoms with Gasteiger partial charge in [-0.1, -0.05) is 13.8 Å². The van der Waals surface area contributed by atoms with E-state index in [1.807, 2.05) is 0 Å². The molecule has 3 nitrogen and oxygen atoms in total. The van der Waals surface area contributed by atoms with Crippen LogP contribution in [-0.2, 0) is 4.74 Å². The van der Waals surface area contributed by atoms with Gasteiger partial charge in [0.25, 0.3) is 0 Å². The molecule has 0 aromatic rings. The third-order valence-corrected chi connectivity index (χ3v) is 4.46. The molecule has 3 atom stereocenters. The summed E-state index contributed by atoms with van der Waals surface area (Å²) >= 11 is 0. The Balaban J connectivity index is 1.95. The van der Waals surface area contributed by atoms with Gasteiger partial charge in [0.2, 0.25) is 0 Å². The van der Waals surface area contributed by atoms with Crippen LogP contribution in [0.1, 0.15) is 33.1 Å². The Labute approximate surface area is 112 Å². The number of ether oxygens (including phenoxy) is 1. The molecule has 0 saturated carbocycles. The van der Waals surface area contributed by atoms with Crippen molar-refractivity contribution in [1.29, 1.82) is 0 Å². The smallest absolute Gasteiger partial charge is 0.0546 e. The number of piperidine rings is 1. The van der Waals surface area contributed by atoms with Crippen molar-refractivity contribution in [2.45, 2.75) is 33.1 Å². The second kappa shape index (κ2) is 6.36. The highest BCUT2D eigenvalue weighted by atomic mass is 16.5. The molecule has 0 spiro atoms. The van der Waals surface area contributed by atoms with Crippen LogP contribution in [0.3, 0.4) is 0 Å². The molecule has 2 rings (SSSR count). The lowest BCUT2D eigenvalue weighted by Crippen LogP contribution is -2.51. The first-order valence-corrected chi connectivity index (χ1v) is 7.58. The van der Waals surface area contributed by atoms with Crippen molar-refractivity contribution >= 4 is 0 Å². The number of hydrogen-bond donors (Lipinski definition) is 1. The highest BCUT2D eigenvalue weighted by molar-refractivity contribution is 4.89. The number of likely N-dealkylation sites (tertiary alicyclic amines) is 1. The molecule has 3 heteroatoms. The van der Waals surface area contributed by atoms with E-state index in [-0.39, 0.29) is 0 Å². The van der Waals surface area contributed by atoms with E-state index in [4.69, 9.17) is 4.74 Å². The summed E-state index contributed by atoms with van der Waals surface area (Å²) < 4.78 is 5.77. The first-order valence-electron chi connectivity index (χ1n) is 7.58. The Kier molecular flexibility index (Phi) is 5.05. The molecule has 3 unspecified atom stereocenters. The van der Waals surface area contributed by atoms with Gasteiger partial charge >= 0.3 is 0 Å². The first-order chi connectivity index (χ1) is 8.63. The van der Waals surface area contributed by atoms with Gasteiger partial charge in [-0.2, -0.15) is 0 Å². The molecule has 2 aliphatic heterocycles. The minimum atomic E-state index is 0.351. The van der Waals surface area contributed by atoms with Gasteiger partial charge in [-0.25, -0.2) is 0 Å². The zero-order valence-electron chi connectivity index (χ0n) is 12.4. The molecule has 1 N–H and O–H groups in total. The molecular weight excluding hydrogens is 224 g/mol. The van der Waals surface area contributed by atoms with Crippen molar-refractivity contribution in [3.8, 4) is 0 Å². The zero-order chi connectivity index (χ0) is 13.0. The van der Waals surface area contributed by atoms with Crippen LogP contribution in [0.4, 0.5) is 0 Å². The van der Waals surface area contributed by atoms with Gasteiger partial charge < -0.3 is 15.0 Å². The van der Waals surface area contributed by atoms with Gasteiger partial charge in [0, 0.05) is 38.2 Å². The minimum absolute atomic E-state index is 0.351. The van der Waals surface area contributed by atoms with Crippen molar-refractivity contribution in [3.05, 3.63) is 0 Å². The van der Waals surface area contributed by atoms with E-state index in [9.17, 15) is 0 Å². The number of nitrogens with zero attached hydrogens (tertiary/aromatic N) is 1. The van der Waals surface area contributed by atoms with Crippen molar-refractivity contribution in [3.63, 3.8) is 0 Å². The molecule has 2 heterocycles. The van der Waals surface area contributed by atoms with E-state index in [1.165, 1.54) is 38.9 Å². The fraction of sp³-hybridized carbons (Fsp3) is 1.00. The van der Waals surface area contributed by atoms with Crippen LogP contribution >= 0.6 is 0 Å². The largest absolute Gasteiger partial charge is 0.381 e. The molecule has 0 aliphatic carbocycles. The Bertz CT molecular complexity index is 235. The van der Waals surface area contributed by atoms with E-state index < -0.39 is 0 Å². The maximum Gasteiger partial charge on any atom is 0.0546 e. The van der Waals surface area contributed by atoms with Crippen LogP contribution in [0.5, 0.6) is 0 Å². The van der Waals surface area contributed by atoms with Gasteiger partial charge in [0.05, 0.1) is 6.61 Å². The van der Waals surface area contributed by atoms with Gasteiger partial charge in [-0.15, -0.1) is 0 Å². The van der Waals surface area contributed by atoms with Crippen molar-refractivity contribution in [2.75, 3.05) is 46.4 Å². The Hall–Kier alpha value is -0.120. The number of rotatable bonds is 4. The van der Waals surface area contributed by atoms with Gasteiger partial charge in [0.1, 0.15) is 0 Å². The van der Waals surface area contributed by atoms with Gasteiger partial charge in [0.15, 0.2) is 0 Å².